The molecule has 12 nitrogen and oxygen atoms in total. The van der Waals surface area contributed by atoms with E-state index in [0.717, 1.165) is 16.7 Å². The molecule has 308 valence electrons. The third-order valence-electron chi connectivity index (χ3n) is 11.8. The Bertz CT molecular complexity index is 2960. The van der Waals surface area contributed by atoms with Gasteiger partial charge in [0.2, 0.25) is 13.6 Å². The van der Waals surface area contributed by atoms with E-state index in [1.54, 1.807) is 111 Å². The van der Waals surface area contributed by atoms with Gasteiger partial charge in [-0.3, -0.25) is 19.4 Å². The number of carbonyl (C=O) groups excluding carboxylic acids is 2. The lowest BCUT2D eigenvalue weighted by Gasteiger charge is -2.40. The lowest BCUT2D eigenvalue weighted by molar-refractivity contribution is 0.0688. The van der Waals surface area contributed by atoms with E-state index in [4.69, 9.17) is 28.4 Å². The first-order valence-corrected chi connectivity index (χ1v) is 20.1. The molecule has 0 aromatic heterocycles. The van der Waals surface area contributed by atoms with E-state index >= 15 is 0 Å². The quantitative estimate of drug-likeness (QED) is 0.138. The first-order valence-electron chi connectivity index (χ1n) is 20.1. The largest absolute Gasteiger partial charge is 0.493 e. The molecule has 0 N–H and O–H groups in total. The second-order valence-electron chi connectivity index (χ2n) is 15.3. The summed E-state index contributed by atoms with van der Waals surface area (Å²) < 4.78 is 35.0. The van der Waals surface area contributed by atoms with Gasteiger partial charge in [0.1, 0.15) is 5.75 Å². The number of hydrogen-bond acceptors (Lipinski definition) is 10. The van der Waals surface area contributed by atoms with Crippen molar-refractivity contribution in [3.8, 4) is 52.4 Å². The Morgan fingerprint density at radius 1 is 0.587 bits per heavy atom. The van der Waals surface area contributed by atoms with Gasteiger partial charge in [0.15, 0.2) is 45.6 Å². The van der Waals surface area contributed by atoms with Crippen molar-refractivity contribution < 1.29 is 38.0 Å². The number of nitrogens with zero attached hydrogens (tertiary/aromatic N) is 4. The van der Waals surface area contributed by atoms with Crippen LogP contribution in [0.4, 0.5) is 0 Å². The number of amides is 2. The Labute approximate surface area is 362 Å². The van der Waals surface area contributed by atoms with E-state index in [1.807, 2.05) is 48.5 Å². The number of benzene rings is 6. The summed E-state index contributed by atoms with van der Waals surface area (Å²) in [6, 6.07) is 42.7. The van der Waals surface area contributed by atoms with Crippen LogP contribution in [0.25, 0.3) is 12.2 Å². The summed E-state index contributed by atoms with van der Waals surface area (Å²) in [6.45, 7) is 0.116. The van der Waals surface area contributed by atoms with E-state index in [2.05, 4.69) is 12.1 Å². The lowest BCUT2D eigenvalue weighted by atomic mass is 9.78. The molecule has 4 aliphatic heterocycles. The molecule has 0 radical (unpaired) electrons. The fourth-order valence-corrected chi connectivity index (χ4v) is 8.62. The van der Waals surface area contributed by atoms with Crippen LogP contribution in [0.2, 0.25) is 0 Å². The molecule has 10 rings (SSSR count). The molecule has 2 atom stereocenters. The van der Waals surface area contributed by atoms with Gasteiger partial charge < -0.3 is 28.4 Å². The Hall–Kier alpha value is -8.48. The highest BCUT2D eigenvalue weighted by atomic mass is 16.7. The molecular formula is C51H36N4O8. The van der Waals surface area contributed by atoms with Gasteiger partial charge in [-0.25, -0.2) is 0 Å². The van der Waals surface area contributed by atoms with E-state index in [1.165, 1.54) is 9.80 Å². The standard InChI is InChI=1S/C51H36N4O8/c1-58-42-17-14-34(28-51(30-53)41-26-46-44(60-32-62-46)24-38(41)19-21-55(51)49(57)36-10-6-3-7-11-36)22-47(42)63-39-15-12-33(13-16-39)27-50(29-52)40-25-45-43(59-31-61-45)23-37(40)18-20-54(50)48(56)35-8-4-2-5-9-35/h2-26H,27-28,31-32H2,1H3. The van der Waals surface area contributed by atoms with E-state index in [-0.39, 0.29) is 38.2 Å². The van der Waals surface area contributed by atoms with Gasteiger partial charge in [-0.05, 0) is 107 Å². The third kappa shape index (κ3) is 6.62. The van der Waals surface area contributed by atoms with Crippen LogP contribution in [-0.2, 0) is 23.9 Å². The van der Waals surface area contributed by atoms with Gasteiger partial charge in [0.05, 0.1) is 19.2 Å². The molecule has 0 saturated heterocycles. The van der Waals surface area contributed by atoms with Crippen LogP contribution in [-0.4, -0.2) is 42.3 Å². The van der Waals surface area contributed by atoms with Gasteiger partial charge in [-0.15, -0.1) is 0 Å². The second-order valence-corrected chi connectivity index (χ2v) is 15.3. The number of hydrogen-bond donors (Lipinski definition) is 0. The van der Waals surface area contributed by atoms with Crippen LogP contribution in [0.15, 0.2) is 140 Å². The van der Waals surface area contributed by atoms with Crippen LogP contribution >= 0.6 is 0 Å². The minimum Gasteiger partial charge on any atom is -0.493 e. The summed E-state index contributed by atoms with van der Waals surface area (Å²) >= 11 is 0. The first-order chi connectivity index (χ1) is 30.8. The summed E-state index contributed by atoms with van der Waals surface area (Å²) in [5.41, 5.74) is 2.07. The monoisotopic (exact) mass is 832 g/mol. The van der Waals surface area contributed by atoms with Crippen molar-refractivity contribution in [1.29, 1.82) is 10.5 Å². The van der Waals surface area contributed by atoms with Crippen LogP contribution in [0, 0.1) is 22.7 Å². The van der Waals surface area contributed by atoms with Gasteiger partial charge >= 0.3 is 0 Å². The van der Waals surface area contributed by atoms with Crippen molar-refractivity contribution in [2.24, 2.45) is 0 Å². The van der Waals surface area contributed by atoms with E-state index in [9.17, 15) is 20.1 Å². The molecule has 12 heteroatoms. The zero-order valence-corrected chi connectivity index (χ0v) is 33.8. The molecule has 0 bridgehead atoms. The van der Waals surface area contributed by atoms with Gasteiger partial charge in [0.25, 0.3) is 11.8 Å². The smallest absolute Gasteiger partial charge is 0.259 e. The molecule has 0 spiro atoms. The molecule has 0 aliphatic carbocycles. The predicted molar refractivity (Wildman–Crippen MR) is 230 cm³/mol. The minimum absolute atomic E-state index is 0.0536. The molecule has 2 unspecified atom stereocenters. The maximum Gasteiger partial charge on any atom is 0.259 e. The highest BCUT2D eigenvalue weighted by Gasteiger charge is 2.47. The van der Waals surface area contributed by atoms with Crippen LogP contribution in [0.5, 0.6) is 40.2 Å². The number of carbonyl (C=O) groups is 2. The van der Waals surface area contributed by atoms with E-state index in [0.29, 0.717) is 68.1 Å². The molecule has 6 aromatic rings. The highest BCUT2D eigenvalue weighted by molar-refractivity contribution is 5.98. The van der Waals surface area contributed by atoms with Gasteiger partial charge in [-0.1, -0.05) is 54.6 Å². The van der Waals surface area contributed by atoms with E-state index < -0.39 is 11.1 Å². The van der Waals surface area contributed by atoms with Crippen molar-refractivity contribution in [2.45, 2.75) is 23.9 Å². The number of ether oxygens (including phenoxy) is 6. The Balaban J connectivity index is 0.969. The molecule has 0 saturated carbocycles. The van der Waals surface area contributed by atoms with Crippen LogP contribution < -0.4 is 28.4 Å². The zero-order valence-electron chi connectivity index (χ0n) is 33.8. The number of fused-ring (bicyclic) bond motifs is 4. The van der Waals surface area contributed by atoms with Gasteiger partial charge in [0, 0.05) is 47.5 Å². The third-order valence-corrected chi connectivity index (χ3v) is 11.8. The number of nitriles is 2. The van der Waals surface area contributed by atoms with Crippen molar-refractivity contribution >= 4 is 24.0 Å². The molecule has 4 heterocycles. The molecular weight excluding hydrogens is 797 g/mol. The Morgan fingerprint density at radius 3 is 1.52 bits per heavy atom. The Kier molecular flexibility index (Phi) is 9.54. The summed E-state index contributed by atoms with van der Waals surface area (Å²) in [5.74, 6) is 2.76. The fraction of sp³-hybridized carbons (Fsp3) is 0.137. The lowest BCUT2D eigenvalue weighted by Crippen LogP contribution is -2.49. The van der Waals surface area contributed by atoms with Crippen molar-refractivity contribution in [3.05, 3.63) is 184 Å². The SMILES string of the molecule is COc1ccc(CC2(C#N)c3cc4c(cc3C=CN2C(=O)c2ccccc2)OCO4)cc1Oc1ccc(CC2(C#N)c3cc4c(cc3C=CN2C(=O)c2ccccc2)OCO4)cc1. The average molecular weight is 833 g/mol. The summed E-state index contributed by atoms with van der Waals surface area (Å²) in [4.78, 5) is 31.3. The van der Waals surface area contributed by atoms with Gasteiger partial charge in [-0.2, -0.15) is 10.5 Å². The first kappa shape index (κ1) is 38.7. The van der Waals surface area contributed by atoms with Crippen molar-refractivity contribution in [1.82, 2.24) is 9.80 Å². The van der Waals surface area contributed by atoms with Crippen LogP contribution in [0.1, 0.15) is 54.1 Å². The summed E-state index contributed by atoms with van der Waals surface area (Å²) in [5, 5.41) is 22.3. The van der Waals surface area contributed by atoms with Crippen molar-refractivity contribution in [3.63, 3.8) is 0 Å². The topological polar surface area (TPSA) is 144 Å². The average Bonchev–Trinajstić information content (AvgIpc) is 4.00. The Morgan fingerprint density at radius 2 is 1.05 bits per heavy atom. The normalized spacial score (nSPS) is 18.5. The zero-order chi connectivity index (χ0) is 43.1. The molecule has 0 fully saturated rings. The molecule has 2 amide bonds. The number of methoxy groups -OCH3 is 1. The highest BCUT2D eigenvalue weighted by Crippen LogP contribution is 2.48. The maximum absolute atomic E-state index is 14.2. The number of rotatable bonds is 9. The molecule has 63 heavy (non-hydrogen) atoms. The molecule has 4 aliphatic rings. The second kappa shape index (κ2) is 15.5. The molecule has 6 aromatic carbocycles. The fourth-order valence-electron chi connectivity index (χ4n) is 8.62. The summed E-state index contributed by atoms with van der Waals surface area (Å²) in [7, 11) is 1.54. The van der Waals surface area contributed by atoms with Crippen LogP contribution in [0.3, 0.4) is 0 Å². The van der Waals surface area contributed by atoms with Crippen molar-refractivity contribution in [2.75, 3.05) is 20.7 Å². The predicted octanol–water partition coefficient (Wildman–Crippen LogP) is 9.12. The maximum atomic E-state index is 14.2. The minimum atomic E-state index is -1.50. The summed E-state index contributed by atoms with van der Waals surface area (Å²) in [6.07, 6.45) is 7.14.